The maximum absolute atomic E-state index is 9.64. The van der Waals surface area contributed by atoms with Crippen molar-refractivity contribution >= 4 is 17.4 Å². The third kappa shape index (κ3) is 4.33. The lowest BCUT2D eigenvalue weighted by molar-refractivity contribution is 0.192. The highest BCUT2D eigenvalue weighted by atomic mass is 35.5. The Morgan fingerprint density at radius 1 is 1.23 bits per heavy atom. The molecule has 0 aliphatic carbocycles. The van der Waals surface area contributed by atoms with Crippen molar-refractivity contribution in [3.05, 3.63) is 65.8 Å². The SMILES string of the molecule is C=CCN1CCN(/C(=N\O)c2cccnc2Oc2ccc(Cl)cc2)CC1. The van der Waals surface area contributed by atoms with Gasteiger partial charge < -0.3 is 14.8 Å². The molecule has 0 unspecified atom stereocenters. The summed E-state index contributed by atoms with van der Waals surface area (Å²) >= 11 is 5.91. The third-order valence-electron chi connectivity index (χ3n) is 4.19. The summed E-state index contributed by atoms with van der Waals surface area (Å²) in [4.78, 5) is 8.64. The van der Waals surface area contributed by atoms with E-state index in [1.165, 1.54) is 0 Å². The molecule has 2 heterocycles. The van der Waals surface area contributed by atoms with Crippen LogP contribution in [-0.4, -0.2) is 58.6 Å². The zero-order valence-corrected chi connectivity index (χ0v) is 15.1. The first-order valence-corrected chi connectivity index (χ1v) is 8.78. The Bertz CT molecular complexity index is 771. The second-order valence-electron chi connectivity index (χ2n) is 5.91. The molecule has 1 N–H and O–H groups in total. The van der Waals surface area contributed by atoms with Gasteiger partial charge in [0.15, 0.2) is 5.84 Å². The van der Waals surface area contributed by atoms with E-state index in [2.05, 4.69) is 21.6 Å². The number of hydrogen-bond acceptors (Lipinski definition) is 5. The summed E-state index contributed by atoms with van der Waals surface area (Å²) in [6.45, 7) is 7.89. The summed E-state index contributed by atoms with van der Waals surface area (Å²) in [7, 11) is 0. The number of piperazine rings is 1. The van der Waals surface area contributed by atoms with Gasteiger partial charge in [0.1, 0.15) is 5.75 Å². The first kappa shape index (κ1) is 18.2. The van der Waals surface area contributed by atoms with Crippen molar-refractivity contribution in [2.75, 3.05) is 32.7 Å². The van der Waals surface area contributed by atoms with Gasteiger partial charge in [-0.2, -0.15) is 0 Å². The number of pyridine rings is 1. The van der Waals surface area contributed by atoms with Gasteiger partial charge in [0.05, 0.1) is 5.56 Å². The molecule has 2 aromatic rings. The van der Waals surface area contributed by atoms with E-state index in [-0.39, 0.29) is 0 Å². The number of rotatable bonds is 5. The summed E-state index contributed by atoms with van der Waals surface area (Å²) in [6, 6.07) is 10.7. The zero-order valence-electron chi connectivity index (χ0n) is 14.4. The number of halogens is 1. The van der Waals surface area contributed by atoms with Crippen LogP contribution in [0.1, 0.15) is 5.56 Å². The molecule has 0 amide bonds. The molecule has 6 nitrogen and oxygen atoms in total. The van der Waals surface area contributed by atoms with E-state index in [0.717, 1.165) is 32.7 Å². The molecule has 0 bridgehead atoms. The highest BCUT2D eigenvalue weighted by Gasteiger charge is 2.23. The molecule has 0 spiro atoms. The second-order valence-corrected chi connectivity index (χ2v) is 6.35. The van der Waals surface area contributed by atoms with Gasteiger partial charge in [0, 0.05) is 43.9 Å². The summed E-state index contributed by atoms with van der Waals surface area (Å²) in [6.07, 6.45) is 3.54. The van der Waals surface area contributed by atoms with Gasteiger partial charge in [0.25, 0.3) is 0 Å². The first-order chi connectivity index (χ1) is 12.7. The van der Waals surface area contributed by atoms with E-state index in [1.807, 2.05) is 17.0 Å². The van der Waals surface area contributed by atoms with Gasteiger partial charge in [-0.1, -0.05) is 22.8 Å². The van der Waals surface area contributed by atoms with Crippen molar-refractivity contribution in [2.24, 2.45) is 5.16 Å². The summed E-state index contributed by atoms with van der Waals surface area (Å²) in [5.74, 6) is 1.46. The van der Waals surface area contributed by atoms with Crippen LogP contribution in [0, 0.1) is 0 Å². The van der Waals surface area contributed by atoms with Crippen LogP contribution in [0.25, 0.3) is 0 Å². The van der Waals surface area contributed by atoms with E-state index < -0.39 is 0 Å². The quantitative estimate of drug-likeness (QED) is 0.286. The minimum absolute atomic E-state index is 0.385. The predicted octanol–water partition coefficient (Wildman–Crippen LogP) is 3.47. The molecule has 0 saturated carbocycles. The van der Waals surface area contributed by atoms with Crippen molar-refractivity contribution in [1.82, 2.24) is 14.8 Å². The Balaban J connectivity index is 1.79. The Morgan fingerprint density at radius 3 is 2.62 bits per heavy atom. The maximum atomic E-state index is 9.64. The Hall–Kier alpha value is -2.57. The fourth-order valence-electron chi connectivity index (χ4n) is 2.87. The van der Waals surface area contributed by atoms with E-state index in [1.54, 1.807) is 36.5 Å². The largest absolute Gasteiger partial charge is 0.438 e. The fourth-order valence-corrected chi connectivity index (χ4v) is 2.99. The van der Waals surface area contributed by atoms with Crippen molar-refractivity contribution in [3.8, 4) is 11.6 Å². The number of benzene rings is 1. The van der Waals surface area contributed by atoms with Crippen molar-refractivity contribution in [2.45, 2.75) is 0 Å². The van der Waals surface area contributed by atoms with Crippen LogP contribution in [0.3, 0.4) is 0 Å². The molecule has 1 aliphatic heterocycles. The number of nitrogens with zero attached hydrogens (tertiary/aromatic N) is 4. The standard InChI is InChI=1S/C19H21ClN4O2/c1-2-10-23-11-13-24(14-12-23)18(22-25)17-4-3-9-21-19(17)26-16-7-5-15(20)6-8-16/h2-9,25H,1,10-14H2/b22-18-. The van der Waals surface area contributed by atoms with Crippen LogP contribution < -0.4 is 4.74 Å². The summed E-state index contributed by atoms with van der Waals surface area (Å²) in [5.41, 5.74) is 0.641. The summed E-state index contributed by atoms with van der Waals surface area (Å²) in [5, 5.41) is 13.8. The van der Waals surface area contributed by atoms with E-state index in [0.29, 0.717) is 28.1 Å². The Morgan fingerprint density at radius 2 is 1.96 bits per heavy atom. The van der Waals surface area contributed by atoms with Crippen LogP contribution in [0.4, 0.5) is 0 Å². The normalized spacial score (nSPS) is 15.7. The van der Waals surface area contributed by atoms with Gasteiger partial charge in [0.2, 0.25) is 5.88 Å². The first-order valence-electron chi connectivity index (χ1n) is 8.40. The average Bonchev–Trinajstić information content (AvgIpc) is 2.67. The van der Waals surface area contributed by atoms with Crippen LogP contribution >= 0.6 is 11.6 Å². The molecule has 0 radical (unpaired) electrons. The molecule has 1 saturated heterocycles. The van der Waals surface area contributed by atoms with Crippen LogP contribution in [0.2, 0.25) is 5.02 Å². The molecule has 136 valence electrons. The lowest BCUT2D eigenvalue weighted by Crippen LogP contribution is -2.49. The van der Waals surface area contributed by atoms with Gasteiger partial charge in [-0.3, -0.25) is 4.90 Å². The zero-order chi connectivity index (χ0) is 18.4. The predicted molar refractivity (Wildman–Crippen MR) is 102 cm³/mol. The van der Waals surface area contributed by atoms with Crippen molar-refractivity contribution in [3.63, 3.8) is 0 Å². The minimum atomic E-state index is 0.385. The van der Waals surface area contributed by atoms with E-state index in [9.17, 15) is 5.21 Å². The Kier molecular flexibility index (Phi) is 6.09. The number of aromatic nitrogens is 1. The fraction of sp³-hybridized carbons (Fsp3) is 0.263. The number of ether oxygens (including phenoxy) is 1. The lowest BCUT2D eigenvalue weighted by atomic mass is 10.2. The second kappa shape index (κ2) is 8.69. The molecule has 7 heteroatoms. The average molecular weight is 373 g/mol. The molecule has 1 aromatic carbocycles. The smallest absolute Gasteiger partial charge is 0.230 e. The molecule has 1 fully saturated rings. The number of oxime groups is 1. The number of hydrogen-bond donors (Lipinski definition) is 1. The molecule has 0 atom stereocenters. The van der Waals surface area contributed by atoms with Gasteiger partial charge >= 0.3 is 0 Å². The van der Waals surface area contributed by atoms with Gasteiger partial charge in [-0.25, -0.2) is 4.98 Å². The van der Waals surface area contributed by atoms with Crippen molar-refractivity contribution in [1.29, 1.82) is 0 Å². The molecular formula is C19H21ClN4O2. The van der Waals surface area contributed by atoms with Gasteiger partial charge in [-0.15, -0.1) is 6.58 Å². The summed E-state index contributed by atoms with van der Waals surface area (Å²) < 4.78 is 5.89. The third-order valence-corrected chi connectivity index (χ3v) is 4.45. The van der Waals surface area contributed by atoms with Crippen molar-refractivity contribution < 1.29 is 9.94 Å². The maximum Gasteiger partial charge on any atom is 0.230 e. The number of amidine groups is 1. The monoisotopic (exact) mass is 372 g/mol. The van der Waals surface area contributed by atoms with Crippen LogP contribution in [-0.2, 0) is 0 Å². The topological polar surface area (TPSA) is 61.2 Å². The molecule has 26 heavy (non-hydrogen) atoms. The molecule has 1 aromatic heterocycles. The highest BCUT2D eigenvalue weighted by Crippen LogP contribution is 2.26. The van der Waals surface area contributed by atoms with Gasteiger partial charge in [-0.05, 0) is 36.4 Å². The Labute approximate surface area is 158 Å². The molecule has 3 rings (SSSR count). The highest BCUT2D eigenvalue weighted by molar-refractivity contribution is 6.30. The van der Waals surface area contributed by atoms with E-state index >= 15 is 0 Å². The lowest BCUT2D eigenvalue weighted by Gasteiger charge is -2.35. The molecular weight excluding hydrogens is 352 g/mol. The molecule has 1 aliphatic rings. The van der Waals surface area contributed by atoms with Crippen LogP contribution in [0.5, 0.6) is 11.6 Å². The van der Waals surface area contributed by atoms with Crippen LogP contribution in [0.15, 0.2) is 60.4 Å². The van der Waals surface area contributed by atoms with E-state index in [4.69, 9.17) is 16.3 Å². The minimum Gasteiger partial charge on any atom is -0.438 e.